The van der Waals surface area contributed by atoms with Gasteiger partial charge in [-0.3, -0.25) is 24.7 Å². The maximum atomic E-state index is 12.8. The van der Waals surface area contributed by atoms with Gasteiger partial charge in [0, 0.05) is 24.4 Å². The van der Waals surface area contributed by atoms with E-state index in [1.807, 2.05) is 6.07 Å². The molecule has 0 aliphatic carbocycles. The second-order valence-corrected chi connectivity index (χ2v) is 5.77. The number of hydrogen-bond donors (Lipinski definition) is 0. The highest BCUT2D eigenvalue weighted by Crippen LogP contribution is 2.42. The van der Waals surface area contributed by atoms with Gasteiger partial charge < -0.3 is 4.42 Å². The number of nitro benzene ring substituents is 1. The molecule has 1 aromatic carbocycles. The first kappa shape index (κ1) is 14.0. The van der Waals surface area contributed by atoms with E-state index in [0.717, 1.165) is 19.4 Å². The van der Waals surface area contributed by atoms with Crippen LogP contribution in [0.5, 0.6) is 0 Å². The minimum atomic E-state index is -0.447. The number of amides is 1. The highest BCUT2D eigenvalue weighted by atomic mass is 16.6. The van der Waals surface area contributed by atoms with Crippen molar-refractivity contribution in [1.82, 2.24) is 4.90 Å². The highest BCUT2D eigenvalue weighted by molar-refractivity contribution is 6.00. The Labute approximate surface area is 132 Å². The molecule has 0 unspecified atom stereocenters. The molecule has 1 aromatic heterocycles. The standard InChI is InChI=1S/C16H15N3O4/c20-16-13-3-1-9-17(13)15(14-4-2-10-23-14)18(16)11-5-7-12(8-6-11)19(21)22/h2,4-8,10,13,15H,1,3,9H2/t13-,15+/m0/s1. The summed E-state index contributed by atoms with van der Waals surface area (Å²) in [4.78, 5) is 27.0. The maximum absolute atomic E-state index is 12.8. The number of nitro groups is 1. The number of nitrogens with zero attached hydrogens (tertiary/aromatic N) is 3. The van der Waals surface area contributed by atoms with Gasteiger partial charge >= 0.3 is 0 Å². The molecule has 2 aliphatic heterocycles. The summed E-state index contributed by atoms with van der Waals surface area (Å²) in [6.45, 7) is 0.839. The van der Waals surface area contributed by atoms with E-state index in [1.165, 1.54) is 12.1 Å². The van der Waals surface area contributed by atoms with Crippen molar-refractivity contribution in [3.63, 3.8) is 0 Å². The topological polar surface area (TPSA) is 79.8 Å². The Kier molecular flexibility index (Phi) is 3.16. The molecule has 23 heavy (non-hydrogen) atoms. The number of anilines is 1. The van der Waals surface area contributed by atoms with Crippen LogP contribution in [0.4, 0.5) is 11.4 Å². The number of rotatable bonds is 3. The van der Waals surface area contributed by atoms with Gasteiger partial charge in [0.05, 0.1) is 17.2 Å². The first-order valence-corrected chi connectivity index (χ1v) is 7.53. The van der Waals surface area contributed by atoms with Crippen molar-refractivity contribution in [3.8, 4) is 0 Å². The molecule has 2 fully saturated rings. The summed E-state index contributed by atoms with van der Waals surface area (Å²) in [7, 11) is 0. The Bertz CT molecular complexity index is 741. The second-order valence-electron chi connectivity index (χ2n) is 5.77. The zero-order chi connectivity index (χ0) is 16.0. The zero-order valence-electron chi connectivity index (χ0n) is 12.3. The molecule has 2 aromatic rings. The number of non-ortho nitro benzene ring substituents is 1. The summed E-state index contributed by atoms with van der Waals surface area (Å²) in [5.41, 5.74) is 0.659. The molecule has 0 spiro atoms. The van der Waals surface area contributed by atoms with E-state index in [4.69, 9.17) is 4.42 Å². The smallest absolute Gasteiger partial charge is 0.269 e. The van der Waals surface area contributed by atoms with Crippen molar-refractivity contribution in [2.24, 2.45) is 0 Å². The van der Waals surface area contributed by atoms with Crippen LogP contribution in [0.25, 0.3) is 0 Å². The summed E-state index contributed by atoms with van der Waals surface area (Å²) in [6, 6.07) is 9.60. The lowest BCUT2D eigenvalue weighted by Gasteiger charge is -2.27. The molecule has 2 aliphatic rings. The van der Waals surface area contributed by atoms with Gasteiger partial charge in [0.25, 0.3) is 5.69 Å². The normalized spacial score (nSPS) is 24.2. The lowest BCUT2D eigenvalue weighted by molar-refractivity contribution is -0.384. The quantitative estimate of drug-likeness (QED) is 0.643. The number of furan rings is 1. The Morgan fingerprint density at radius 1 is 1.22 bits per heavy atom. The number of benzene rings is 1. The minimum absolute atomic E-state index is 0.00967. The van der Waals surface area contributed by atoms with Crippen LogP contribution >= 0.6 is 0 Å². The monoisotopic (exact) mass is 313 g/mol. The van der Waals surface area contributed by atoms with E-state index >= 15 is 0 Å². The Balaban J connectivity index is 1.75. The predicted octanol–water partition coefficient (Wildman–Crippen LogP) is 2.70. The SMILES string of the molecule is O=C1[C@@H]2CCCN2[C@@H](c2ccco2)N1c1ccc([N+](=O)[O-])cc1. The molecular weight excluding hydrogens is 298 g/mol. The van der Waals surface area contributed by atoms with E-state index < -0.39 is 4.92 Å². The molecule has 0 radical (unpaired) electrons. The molecular formula is C16H15N3O4. The minimum Gasteiger partial charge on any atom is -0.466 e. The van der Waals surface area contributed by atoms with Crippen molar-refractivity contribution < 1.29 is 14.1 Å². The third-order valence-electron chi connectivity index (χ3n) is 4.51. The molecule has 7 nitrogen and oxygen atoms in total. The zero-order valence-corrected chi connectivity index (χ0v) is 12.3. The van der Waals surface area contributed by atoms with Gasteiger partial charge in [-0.1, -0.05) is 0 Å². The Morgan fingerprint density at radius 2 is 2.00 bits per heavy atom. The van der Waals surface area contributed by atoms with E-state index in [-0.39, 0.29) is 23.8 Å². The van der Waals surface area contributed by atoms with Gasteiger partial charge in [-0.05, 0) is 37.1 Å². The molecule has 3 heterocycles. The van der Waals surface area contributed by atoms with Gasteiger partial charge in [-0.2, -0.15) is 0 Å². The van der Waals surface area contributed by atoms with Crippen molar-refractivity contribution in [2.45, 2.75) is 25.0 Å². The predicted molar refractivity (Wildman–Crippen MR) is 81.8 cm³/mol. The van der Waals surface area contributed by atoms with Crippen molar-refractivity contribution >= 4 is 17.3 Å². The van der Waals surface area contributed by atoms with Crippen molar-refractivity contribution in [2.75, 3.05) is 11.4 Å². The van der Waals surface area contributed by atoms with Gasteiger partial charge in [-0.25, -0.2) is 0 Å². The molecule has 4 rings (SSSR count). The lowest BCUT2D eigenvalue weighted by atomic mass is 10.2. The fourth-order valence-electron chi connectivity index (χ4n) is 3.51. The Morgan fingerprint density at radius 3 is 2.65 bits per heavy atom. The molecule has 0 saturated carbocycles. The average molecular weight is 313 g/mol. The summed E-state index contributed by atoms with van der Waals surface area (Å²) in [5.74, 6) is 0.735. The molecule has 118 valence electrons. The van der Waals surface area contributed by atoms with Gasteiger partial charge in [-0.15, -0.1) is 0 Å². The van der Waals surface area contributed by atoms with Crippen LogP contribution < -0.4 is 4.90 Å². The molecule has 2 atom stereocenters. The number of hydrogen-bond acceptors (Lipinski definition) is 5. The summed E-state index contributed by atoms with van der Waals surface area (Å²) >= 11 is 0. The van der Waals surface area contributed by atoms with Crippen LogP contribution in [0.1, 0.15) is 24.8 Å². The summed E-state index contributed by atoms with van der Waals surface area (Å²) < 4.78 is 5.54. The van der Waals surface area contributed by atoms with Crippen LogP contribution in [0.2, 0.25) is 0 Å². The van der Waals surface area contributed by atoms with Gasteiger partial charge in [0.1, 0.15) is 11.9 Å². The van der Waals surface area contributed by atoms with Crippen LogP contribution in [-0.4, -0.2) is 28.3 Å². The number of carbonyl (C=O) groups is 1. The van der Waals surface area contributed by atoms with Crippen LogP contribution in [0.3, 0.4) is 0 Å². The number of fused-ring (bicyclic) bond motifs is 1. The van der Waals surface area contributed by atoms with Crippen LogP contribution in [0, 0.1) is 10.1 Å². The fraction of sp³-hybridized carbons (Fsp3) is 0.312. The van der Waals surface area contributed by atoms with E-state index in [2.05, 4.69) is 4.90 Å². The van der Waals surface area contributed by atoms with Gasteiger partial charge in [0.15, 0.2) is 0 Å². The third kappa shape index (κ3) is 2.12. The molecule has 7 heteroatoms. The first-order valence-electron chi connectivity index (χ1n) is 7.53. The van der Waals surface area contributed by atoms with E-state index in [0.29, 0.717) is 11.4 Å². The molecule has 1 amide bonds. The second kappa shape index (κ2) is 5.20. The van der Waals surface area contributed by atoms with E-state index in [1.54, 1.807) is 29.4 Å². The summed E-state index contributed by atoms with van der Waals surface area (Å²) in [5, 5.41) is 10.8. The third-order valence-corrected chi connectivity index (χ3v) is 4.51. The largest absolute Gasteiger partial charge is 0.466 e. The van der Waals surface area contributed by atoms with Crippen molar-refractivity contribution in [3.05, 3.63) is 58.5 Å². The van der Waals surface area contributed by atoms with Crippen molar-refractivity contribution in [1.29, 1.82) is 0 Å². The number of carbonyl (C=O) groups excluding carboxylic acids is 1. The molecule has 0 bridgehead atoms. The Hall–Kier alpha value is -2.67. The average Bonchev–Trinajstić information content (AvgIpc) is 3.26. The first-order chi connectivity index (χ1) is 11.2. The lowest BCUT2D eigenvalue weighted by Crippen LogP contribution is -2.32. The van der Waals surface area contributed by atoms with Gasteiger partial charge in [0.2, 0.25) is 5.91 Å². The summed E-state index contributed by atoms with van der Waals surface area (Å²) in [6.07, 6.45) is 3.13. The van der Waals surface area contributed by atoms with Crippen LogP contribution in [-0.2, 0) is 4.79 Å². The highest BCUT2D eigenvalue weighted by Gasteiger charge is 2.50. The molecule has 0 N–H and O–H groups in total. The van der Waals surface area contributed by atoms with E-state index in [9.17, 15) is 14.9 Å². The fourth-order valence-corrected chi connectivity index (χ4v) is 3.51. The van der Waals surface area contributed by atoms with Crippen LogP contribution in [0.15, 0.2) is 47.1 Å². The maximum Gasteiger partial charge on any atom is 0.269 e. The molecule has 2 saturated heterocycles.